The predicted octanol–water partition coefficient (Wildman–Crippen LogP) is 3.41. The van der Waals surface area contributed by atoms with E-state index in [-0.39, 0.29) is 16.0 Å². The van der Waals surface area contributed by atoms with Gasteiger partial charge in [0.25, 0.3) is 10.0 Å². The number of carbonyl (C=O) groups excluding carboxylic acids is 1. The van der Waals surface area contributed by atoms with Crippen LogP contribution in [0.5, 0.6) is 0 Å². The third kappa shape index (κ3) is 6.09. The molecular weight excluding hydrogens is 463 g/mol. The van der Waals surface area contributed by atoms with Gasteiger partial charge in [-0.1, -0.05) is 38.1 Å². The SMILES string of the molecule is CC(C)[C@@H](NS(=O)(=O)c1cccs1)C(=O)N1CCN(Cc2cccc(C(F)(F)F)c2)CC1. The van der Waals surface area contributed by atoms with Crippen LogP contribution in [0.2, 0.25) is 0 Å². The van der Waals surface area contributed by atoms with Crippen molar-refractivity contribution in [3.05, 3.63) is 52.9 Å². The predicted molar refractivity (Wildman–Crippen MR) is 117 cm³/mol. The molecule has 1 saturated heterocycles. The zero-order chi connectivity index (χ0) is 23.5. The van der Waals surface area contributed by atoms with Crippen LogP contribution in [0.25, 0.3) is 0 Å². The van der Waals surface area contributed by atoms with Crippen molar-refractivity contribution < 1.29 is 26.4 Å². The number of nitrogens with one attached hydrogen (secondary N) is 1. The maximum atomic E-state index is 13.1. The molecule has 11 heteroatoms. The number of hydrogen-bond acceptors (Lipinski definition) is 5. The smallest absolute Gasteiger partial charge is 0.339 e. The standard InChI is InChI=1S/C21H26F3N3O3S2/c1-15(2)19(25-32(29,30)18-7-4-12-31-18)20(28)27-10-8-26(9-11-27)14-16-5-3-6-17(13-16)21(22,23)24/h3-7,12-13,15,19,25H,8-11,14H2,1-2H3/t19-/m1/s1. The van der Waals surface area contributed by atoms with Gasteiger partial charge < -0.3 is 4.90 Å². The summed E-state index contributed by atoms with van der Waals surface area (Å²) in [5, 5.41) is 1.66. The zero-order valence-corrected chi connectivity index (χ0v) is 19.4. The van der Waals surface area contributed by atoms with Crippen molar-refractivity contribution in [3.63, 3.8) is 0 Å². The molecule has 0 unspecified atom stereocenters. The van der Waals surface area contributed by atoms with Gasteiger partial charge in [-0.05, 0) is 29.0 Å². The van der Waals surface area contributed by atoms with Gasteiger partial charge in [0.1, 0.15) is 10.3 Å². The lowest BCUT2D eigenvalue weighted by atomic mass is 10.0. The van der Waals surface area contributed by atoms with Gasteiger partial charge in [0.15, 0.2) is 0 Å². The van der Waals surface area contributed by atoms with E-state index >= 15 is 0 Å². The quantitative estimate of drug-likeness (QED) is 0.647. The first-order valence-electron chi connectivity index (χ1n) is 10.2. The maximum absolute atomic E-state index is 13.1. The highest BCUT2D eigenvalue weighted by atomic mass is 32.2. The second-order valence-corrected chi connectivity index (χ2v) is 11.0. The topological polar surface area (TPSA) is 69.7 Å². The third-order valence-corrected chi connectivity index (χ3v) is 8.16. The minimum absolute atomic E-state index is 0.154. The molecule has 1 fully saturated rings. The first-order valence-corrected chi connectivity index (χ1v) is 12.6. The Balaban J connectivity index is 1.60. The maximum Gasteiger partial charge on any atom is 0.416 e. The molecule has 1 N–H and O–H groups in total. The molecule has 1 aromatic carbocycles. The molecule has 2 aromatic rings. The Kier molecular flexibility index (Phi) is 7.64. The van der Waals surface area contributed by atoms with Gasteiger partial charge in [0, 0.05) is 32.7 Å². The van der Waals surface area contributed by atoms with Crippen LogP contribution in [-0.2, 0) is 27.5 Å². The molecule has 0 radical (unpaired) electrons. The number of piperazine rings is 1. The van der Waals surface area contributed by atoms with Crippen LogP contribution < -0.4 is 4.72 Å². The molecule has 0 saturated carbocycles. The molecule has 0 bridgehead atoms. The summed E-state index contributed by atoms with van der Waals surface area (Å²) in [6.45, 7) is 5.65. The van der Waals surface area contributed by atoms with Crippen molar-refractivity contribution in [2.45, 2.75) is 36.8 Å². The van der Waals surface area contributed by atoms with E-state index in [4.69, 9.17) is 0 Å². The van der Waals surface area contributed by atoms with Crippen molar-refractivity contribution in [1.82, 2.24) is 14.5 Å². The number of rotatable bonds is 7. The fraction of sp³-hybridized carbons (Fsp3) is 0.476. The van der Waals surface area contributed by atoms with Gasteiger partial charge in [0.05, 0.1) is 5.56 Å². The molecule has 2 heterocycles. The van der Waals surface area contributed by atoms with Crippen molar-refractivity contribution >= 4 is 27.3 Å². The third-order valence-electron chi connectivity index (χ3n) is 5.32. The highest BCUT2D eigenvalue weighted by Gasteiger charge is 2.34. The average Bonchev–Trinajstić information content (AvgIpc) is 3.28. The molecular formula is C21H26F3N3O3S2. The molecule has 1 aliphatic rings. The monoisotopic (exact) mass is 489 g/mol. The lowest BCUT2D eigenvalue weighted by Gasteiger charge is -2.37. The van der Waals surface area contributed by atoms with E-state index in [1.807, 2.05) is 4.90 Å². The second kappa shape index (κ2) is 9.90. The van der Waals surface area contributed by atoms with E-state index in [0.717, 1.165) is 23.5 Å². The van der Waals surface area contributed by atoms with Crippen LogP contribution in [0.4, 0.5) is 13.2 Å². The van der Waals surface area contributed by atoms with Crippen LogP contribution >= 0.6 is 11.3 Å². The normalized spacial score (nSPS) is 17.0. The van der Waals surface area contributed by atoms with Gasteiger partial charge in [-0.2, -0.15) is 17.9 Å². The Morgan fingerprint density at radius 3 is 2.38 bits per heavy atom. The van der Waals surface area contributed by atoms with E-state index in [1.54, 1.807) is 36.3 Å². The molecule has 6 nitrogen and oxygen atoms in total. The average molecular weight is 490 g/mol. The first-order chi connectivity index (χ1) is 15.0. The Labute approximate surface area is 190 Å². The number of carbonyl (C=O) groups is 1. The number of hydrogen-bond donors (Lipinski definition) is 1. The summed E-state index contributed by atoms with van der Waals surface area (Å²) >= 11 is 1.08. The molecule has 1 amide bonds. The van der Waals surface area contributed by atoms with Crippen molar-refractivity contribution in [1.29, 1.82) is 0 Å². The summed E-state index contributed by atoms with van der Waals surface area (Å²) < 4.78 is 66.7. The number of nitrogens with zero attached hydrogens (tertiary/aromatic N) is 2. The summed E-state index contributed by atoms with van der Waals surface area (Å²) in [7, 11) is -3.79. The molecule has 1 aliphatic heterocycles. The van der Waals surface area contributed by atoms with Crippen LogP contribution in [0, 0.1) is 5.92 Å². The zero-order valence-electron chi connectivity index (χ0n) is 17.8. The largest absolute Gasteiger partial charge is 0.416 e. The summed E-state index contributed by atoms with van der Waals surface area (Å²) in [6, 6.07) is 7.47. The van der Waals surface area contributed by atoms with Crippen LogP contribution in [0.15, 0.2) is 46.0 Å². The summed E-state index contributed by atoms with van der Waals surface area (Å²) in [4.78, 5) is 16.7. The fourth-order valence-electron chi connectivity index (χ4n) is 3.54. The molecule has 0 spiro atoms. The van der Waals surface area contributed by atoms with Crippen LogP contribution in [0.1, 0.15) is 25.0 Å². The molecule has 176 valence electrons. The van der Waals surface area contributed by atoms with Crippen molar-refractivity contribution in [3.8, 4) is 0 Å². The van der Waals surface area contributed by atoms with Gasteiger partial charge in [-0.25, -0.2) is 8.42 Å². The minimum Gasteiger partial charge on any atom is -0.339 e. The minimum atomic E-state index is -4.39. The van der Waals surface area contributed by atoms with Crippen molar-refractivity contribution in [2.75, 3.05) is 26.2 Å². The summed E-state index contributed by atoms with van der Waals surface area (Å²) in [5.41, 5.74) is -0.120. The van der Waals surface area contributed by atoms with Crippen LogP contribution in [-0.4, -0.2) is 56.3 Å². The molecule has 0 aliphatic carbocycles. The molecule has 1 aromatic heterocycles. The fourth-order valence-corrected chi connectivity index (χ4v) is 5.89. The van der Waals surface area contributed by atoms with Crippen LogP contribution in [0.3, 0.4) is 0 Å². The summed E-state index contributed by atoms with van der Waals surface area (Å²) in [5.74, 6) is -0.542. The number of thiophene rings is 1. The lowest BCUT2D eigenvalue weighted by Crippen LogP contribution is -2.56. The Hall–Kier alpha value is -1.95. The molecule has 1 atom stereocenters. The Morgan fingerprint density at radius 1 is 1.12 bits per heavy atom. The highest BCUT2D eigenvalue weighted by molar-refractivity contribution is 7.91. The molecule has 3 rings (SSSR count). The number of alkyl halides is 3. The second-order valence-electron chi connectivity index (χ2n) is 8.07. The number of benzene rings is 1. The first kappa shape index (κ1) is 24.7. The number of halogens is 3. The Bertz CT molecular complexity index is 1020. The van der Waals surface area contributed by atoms with E-state index in [1.165, 1.54) is 12.1 Å². The van der Waals surface area contributed by atoms with E-state index in [2.05, 4.69) is 4.72 Å². The van der Waals surface area contributed by atoms with E-state index < -0.39 is 27.8 Å². The van der Waals surface area contributed by atoms with Crippen molar-refractivity contribution in [2.24, 2.45) is 5.92 Å². The van der Waals surface area contributed by atoms with Gasteiger partial charge in [-0.3, -0.25) is 9.69 Å². The highest BCUT2D eigenvalue weighted by Crippen LogP contribution is 2.30. The molecule has 32 heavy (non-hydrogen) atoms. The van der Waals surface area contributed by atoms with E-state index in [0.29, 0.717) is 38.3 Å². The summed E-state index contributed by atoms with van der Waals surface area (Å²) in [6.07, 6.45) is -4.39. The van der Waals surface area contributed by atoms with Gasteiger partial charge >= 0.3 is 6.18 Å². The number of amides is 1. The lowest BCUT2D eigenvalue weighted by molar-refractivity contribution is -0.138. The number of sulfonamides is 1. The van der Waals surface area contributed by atoms with Gasteiger partial charge in [0.2, 0.25) is 5.91 Å². The Morgan fingerprint density at radius 2 is 1.81 bits per heavy atom. The van der Waals surface area contributed by atoms with Gasteiger partial charge in [-0.15, -0.1) is 11.3 Å². The van der Waals surface area contributed by atoms with E-state index in [9.17, 15) is 26.4 Å².